The predicted octanol–water partition coefficient (Wildman–Crippen LogP) is 1.66. The zero-order valence-electron chi connectivity index (χ0n) is 11.6. The van der Waals surface area contributed by atoms with Crippen LogP contribution in [0.25, 0.3) is 0 Å². The summed E-state index contributed by atoms with van der Waals surface area (Å²) >= 11 is 0. The molecule has 0 saturated carbocycles. The summed E-state index contributed by atoms with van der Waals surface area (Å²) in [5.41, 5.74) is 7.93. The molecule has 1 atom stereocenters. The summed E-state index contributed by atoms with van der Waals surface area (Å²) in [6.07, 6.45) is 2.44. The van der Waals surface area contributed by atoms with E-state index in [9.17, 15) is 0 Å². The van der Waals surface area contributed by atoms with Gasteiger partial charge in [-0.1, -0.05) is 0 Å². The number of hydrogen-bond acceptors (Lipinski definition) is 4. The van der Waals surface area contributed by atoms with Gasteiger partial charge in [-0.25, -0.2) is 4.68 Å². The molecule has 1 aromatic heterocycles. The second kappa shape index (κ2) is 5.61. The first-order valence-corrected chi connectivity index (χ1v) is 6.74. The van der Waals surface area contributed by atoms with Gasteiger partial charge in [-0.2, -0.15) is 5.10 Å². The van der Waals surface area contributed by atoms with Crippen molar-refractivity contribution < 1.29 is 4.74 Å². The van der Waals surface area contributed by atoms with Crippen LogP contribution in [0.5, 0.6) is 0 Å². The summed E-state index contributed by atoms with van der Waals surface area (Å²) in [7, 11) is 1.77. The van der Waals surface area contributed by atoms with Gasteiger partial charge in [0.2, 0.25) is 0 Å². The van der Waals surface area contributed by atoms with Crippen molar-refractivity contribution >= 4 is 11.5 Å². The maximum atomic E-state index is 6.17. The van der Waals surface area contributed by atoms with Crippen molar-refractivity contribution in [3.8, 4) is 0 Å². The minimum Gasteiger partial charge on any atom is -0.394 e. The van der Waals surface area contributed by atoms with E-state index in [1.165, 1.54) is 12.8 Å². The summed E-state index contributed by atoms with van der Waals surface area (Å²) in [5.74, 6) is 1.69. The van der Waals surface area contributed by atoms with Gasteiger partial charge in [0.25, 0.3) is 0 Å². The maximum Gasteiger partial charge on any atom is 0.150 e. The Labute approximate surface area is 109 Å². The van der Waals surface area contributed by atoms with Crippen molar-refractivity contribution in [1.29, 1.82) is 0 Å². The van der Waals surface area contributed by atoms with Gasteiger partial charge < -0.3 is 15.4 Å². The Morgan fingerprint density at radius 1 is 1.50 bits per heavy atom. The lowest BCUT2D eigenvalue weighted by atomic mass is 9.99. The smallest absolute Gasteiger partial charge is 0.150 e. The van der Waals surface area contributed by atoms with E-state index in [1.54, 1.807) is 7.11 Å². The zero-order chi connectivity index (χ0) is 13.1. The first-order chi connectivity index (χ1) is 8.67. The molecular weight excluding hydrogens is 228 g/mol. The summed E-state index contributed by atoms with van der Waals surface area (Å²) < 4.78 is 7.29. The average molecular weight is 252 g/mol. The second-order valence-electron chi connectivity index (χ2n) is 5.05. The van der Waals surface area contributed by atoms with Gasteiger partial charge in [-0.05, 0) is 32.6 Å². The number of anilines is 2. The van der Waals surface area contributed by atoms with Crippen LogP contribution in [-0.4, -0.2) is 36.6 Å². The number of nitrogens with two attached hydrogens (primary N) is 1. The van der Waals surface area contributed by atoms with Crippen molar-refractivity contribution in [3.05, 3.63) is 5.69 Å². The Morgan fingerprint density at radius 2 is 2.28 bits per heavy atom. The highest BCUT2D eigenvalue weighted by molar-refractivity contribution is 5.66. The fourth-order valence-electron chi connectivity index (χ4n) is 2.77. The number of ether oxygens (including phenoxy) is 1. The van der Waals surface area contributed by atoms with Gasteiger partial charge in [-0.3, -0.25) is 0 Å². The predicted molar refractivity (Wildman–Crippen MR) is 73.9 cm³/mol. The fourth-order valence-corrected chi connectivity index (χ4v) is 2.77. The second-order valence-corrected chi connectivity index (χ2v) is 5.05. The third-order valence-corrected chi connectivity index (χ3v) is 3.67. The molecule has 5 heteroatoms. The Bertz CT molecular complexity index is 400. The van der Waals surface area contributed by atoms with Gasteiger partial charge in [-0.15, -0.1) is 0 Å². The van der Waals surface area contributed by atoms with Crippen molar-refractivity contribution in [3.63, 3.8) is 0 Å². The quantitative estimate of drug-likeness (QED) is 0.885. The maximum absolute atomic E-state index is 6.17. The van der Waals surface area contributed by atoms with Crippen LogP contribution in [0.2, 0.25) is 0 Å². The topological polar surface area (TPSA) is 56.3 Å². The third-order valence-electron chi connectivity index (χ3n) is 3.67. The van der Waals surface area contributed by atoms with E-state index < -0.39 is 0 Å². The van der Waals surface area contributed by atoms with Crippen LogP contribution in [0.1, 0.15) is 25.5 Å². The number of nitrogens with zero attached hydrogens (tertiary/aromatic N) is 3. The Kier molecular flexibility index (Phi) is 4.11. The van der Waals surface area contributed by atoms with Crippen molar-refractivity contribution in [2.45, 2.75) is 33.2 Å². The van der Waals surface area contributed by atoms with E-state index >= 15 is 0 Å². The molecular formula is C13H24N4O. The number of aromatic nitrogens is 2. The minimum atomic E-state index is 0.601. The van der Waals surface area contributed by atoms with Crippen LogP contribution in [0.3, 0.4) is 0 Å². The third kappa shape index (κ3) is 2.46. The highest BCUT2D eigenvalue weighted by Crippen LogP contribution is 2.30. The largest absolute Gasteiger partial charge is 0.394 e. The highest BCUT2D eigenvalue weighted by Gasteiger charge is 2.25. The molecule has 1 unspecified atom stereocenters. The standard InChI is InChI=1S/C13H24N4O/c1-4-17-13(12(14)10(2)15-17)16-7-5-6-11(8-16)9-18-3/h11H,4-9,14H2,1-3H3. The highest BCUT2D eigenvalue weighted by atomic mass is 16.5. The molecule has 1 fully saturated rings. The van der Waals surface area contributed by atoms with Crippen LogP contribution < -0.4 is 10.6 Å². The number of aryl methyl sites for hydroxylation is 2. The summed E-state index contributed by atoms with van der Waals surface area (Å²) in [6.45, 7) is 7.85. The average Bonchev–Trinajstić information content (AvgIpc) is 2.66. The van der Waals surface area contributed by atoms with Gasteiger partial charge in [0.1, 0.15) is 0 Å². The summed E-state index contributed by atoms with van der Waals surface area (Å²) in [5, 5.41) is 4.49. The molecule has 2 N–H and O–H groups in total. The van der Waals surface area contributed by atoms with Crippen molar-refractivity contribution in [1.82, 2.24) is 9.78 Å². The first kappa shape index (κ1) is 13.2. The molecule has 1 saturated heterocycles. The van der Waals surface area contributed by atoms with Gasteiger partial charge in [0.05, 0.1) is 18.0 Å². The van der Waals surface area contributed by atoms with E-state index in [-0.39, 0.29) is 0 Å². The van der Waals surface area contributed by atoms with Crippen LogP contribution in [-0.2, 0) is 11.3 Å². The normalized spacial score (nSPS) is 20.4. The SMILES string of the molecule is CCn1nc(C)c(N)c1N1CCCC(COC)C1. The lowest BCUT2D eigenvalue weighted by Gasteiger charge is -2.34. The zero-order valence-corrected chi connectivity index (χ0v) is 11.6. The van der Waals surface area contributed by atoms with Crippen LogP contribution in [0.4, 0.5) is 11.5 Å². The monoisotopic (exact) mass is 252 g/mol. The number of nitrogen functional groups attached to an aromatic ring is 1. The van der Waals surface area contributed by atoms with E-state index in [2.05, 4.69) is 16.9 Å². The molecule has 2 heterocycles. The fraction of sp³-hybridized carbons (Fsp3) is 0.769. The van der Waals surface area contributed by atoms with Crippen LogP contribution in [0, 0.1) is 12.8 Å². The molecule has 0 amide bonds. The Balaban J connectivity index is 2.20. The van der Waals surface area contributed by atoms with Crippen molar-refractivity contribution in [2.24, 2.45) is 5.92 Å². The molecule has 5 nitrogen and oxygen atoms in total. The molecule has 2 rings (SSSR count). The first-order valence-electron chi connectivity index (χ1n) is 6.74. The van der Waals surface area contributed by atoms with E-state index in [4.69, 9.17) is 10.5 Å². The van der Waals surface area contributed by atoms with Gasteiger partial charge >= 0.3 is 0 Å². The minimum absolute atomic E-state index is 0.601. The molecule has 102 valence electrons. The van der Waals surface area contributed by atoms with E-state index in [1.807, 2.05) is 11.6 Å². The molecule has 1 aliphatic heterocycles. The molecule has 0 spiro atoms. The van der Waals surface area contributed by atoms with E-state index in [0.717, 1.165) is 43.4 Å². The molecule has 0 aliphatic carbocycles. The van der Waals surface area contributed by atoms with Crippen LogP contribution in [0.15, 0.2) is 0 Å². The lowest BCUT2D eigenvalue weighted by Crippen LogP contribution is -2.38. The van der Waals surface area contributed by atoms with Gasteiger partial charge in [0, 0.05) is 26.7 Å². The molecule has 1 aromatic rings. The van der Waals surface area contributed by atoms with Gasteiger partial charge in [0.15, 0.2) is 5.82 Å². The van der Waals surface area contributed by atoms with E-state index in [0.29, 0.717) is 5.92 Å². The number of methoxy groups -OCH3 is 1. The van der Waals surface area contributed by atoms with Crippen molar-refractivity contribution in [2.75, 3.05) is 37.4 Å². The van der Waals surface area contributed by atoms with Crippen LogP contribution >= 0.6 is 0 Å². The number of rotatable bonds is 4. The Morgan fingerprint density at radius 3 is 2.94 bits per heavy atom. The molecule has 0 bridgehead atoms. The molecule has 0 radical (unpaired) electrons. The molecule has 18 heavy (non-hydrogen) atoms. The lowest BCUT2D eigenvalue weighted by molar-refractivity contribution is 0.143. The summed E-state index contributed by atoms with van der Waals surface area (Å²) in [6, 6.07) is 0. The molecule has 1 aliphatic rings. The molecule has 0 aromatic carbocycles. The number of piperidine rings is 1. The Hall–Kier alpha value is -1.23. The summed E-state index contributed by atoms with van der Waals surface area (Å²) in [4.78, 5) is 2.37. The number of hydrogen-bond donors (Lipinski definition) is 1.